The zero-order valence-corrected chi connectivity index (χ0v) is 15.9. The number of carbonyl (C=O) groups excluding carboxylic acids is 1. The number of nitrogens with one attached hydrogen (secondary N) is 1. The number of hydrogen-bond donors (Lipinski definition) is 1. The van der Waals surface area contributed by atoms with E-state index in [1.807, 2.05) is 0 Å². The fraction of sp³-hybridized carbons (Fsp3) is 0.167. The quantitative estimate of drug-likeness (QED) is 0.637. The van der Waals surface area contributed by atoms with Crippen LogP contribution < -0.4 is 14.8 Å². The first kappa shape index (κ1) is 19.4. The Morgan fingerprint density at radius 2 is 1.86 bits per heavy atom. The van der Waals surface area contributed by atoms with E-state index in [4.69, 9.17) is 13.9 Å². The van der Waals surface area contributed by atoms with Crippen molar-refractivity contribution in [2.45, 2.75) is 4.90 Å². The van der Waals surface area contributed by atoms with Crippen molar-refractivity contribution in [3.05, 3.63) is 48.5 Å². The number of hydrogen-bond acceptors (Lipinski definition) is 8. The lowest BCUT2D eigenvalue weighted by molar-refractivity contribution is -0.118. The molecule has 0 aliphatic heterocycles. The molecule has 1 aromatic heterocycles. The molecule has 0 atom stereocenters. The van der Waals surface area contributed by atoms with E-state index in [0.717, 1.165) is 6.26 Å². The summed E-state index contributed by atoms with van der Waals surface area (Å²) < 4.78 is 39.2. The Labute approximate surface area is 161 Å². The number of rotatable bonds is 7. The monoisotopic (exact) mass is 403 g/mol. The van der Waals surface area contributed by atoms with E-state index in [1.165, 1.54) is 19.2 Å². The zero-order chi connectivity index (χ0) is 20.1. The number of aromatic nitrogens is 2. The number of benzene rings is 2. The van der Waals surface area contributed by atoms with Crippen molar-refractivity contribution in [3.63, 3.8) is 0 Å². The van der Waals surface area contributed by atoms with Crippen LogP contribution in [0.1, 0.15) is 0 Å². The van der Waals surface area contributed by atoms with Gasteiger partial charge in [0.1, 0.15) is 0 Å². The molecule has 0 aliphatic carbocycles. The summed E-state index contributed by atoms with van der Waals surface area (Å²) in [6, 6.07) is 12.9. The van der Waals surface area contributed by atoms with Gasteiger partial charge in [0.15, 0.2) is 27.9 Å². The molecule has 0 radical (unpaired) electrons. The summed E-state index contributed by atoms with van der Waals surface area (Å²) in [5.74, 6) is 0.488. The molecule has 1 amide bonds. The molecule has 10 heteroatoms. The highest BCUT2D eigenvalue weighted by atomic mass is 32.2. The fourth-order valence-corrected chi connectivity index (χ4v) is 2.95. The maximum Gasteiger partial charge on any atom is 0.322 e. The van der Waals surface area contributed by atoms with Crippen LogP contribution in [0, 0.1) is 0 Å². The van der Waals surface area contributed by atoms with Crippen LogP contribution in [0.4, 0.5) is 6.01 Å². The Morgan fingerprint density at radius 1 is 1.11 bits per heavy atom. The minimum atomic E-state index is -3.37. The Kier molecular flexibility index (Phi) is 5.59. The van der Waals surface area contributed by atoms with Gasteiger partial charge in [-0.25, -0.2) is 8.42 Å². The largest absolute Gasteiger partial charge is 0.493 e. The third-order valence-electron chi connectivity index (χ3n) is 3.61. The van der Waals surface area contributed by atoms with Gasteiger partial charge in [0.25, 0.3) is 5.91 Å². The van der Waals surface area contributed by atoms with Crippen LogP contribution in [0.5, 0.6) is 11.5 Å². The lowest BCUT2D eigenvalue weighted by Gasteiger charge is -2.09. The molecule has 3 rings (SSSR count). The molecule has 0 bridgehead atoms. The lowest BCUT2D eigenvalue weighted by atomic mass is 10.2. The Bertz CT molecular complexity index is 1090. The van der Waals surface area contributed by atoms with Crippen LogP contribution in [0.15, 0.2) is 57.8 Å². The maximum atomic E-state index is 12.0. The number of para-hydroxylation sites is 2. The van der Waals surface area contributed by atoms with Crippen molar-refractivity contribution in [2.75, 3.05) is 25.3 Å². The fourth-order valence-electron chi connectivity index (χ4n) is 2.29. The van der Waals surface area contributed by atoms with E-state index in [2.05, 4.69) is 15.5 Å². The van der Waals surface area contributed by atoms with Crippen LogP contribution in [0.3, 0.4) is 0 Å². The molecule has 9 nitrogen and oxygen atoms in total. The number of nitrogens with zero attached hydrogens (tertiary/aromatic N) is 2. The SMILES string of the molecule is COc1ccccc1OCC(=O)Nc1nnc(-c2cccc(S(C)(=O)=O)c2)o1. The van der Waals surface area contributed by atoms with Gasteiger partial charge >= 0.3 is 6.01 Å². The molecule has 0 aliphatic rings. The van der Waals surface area contributed by atoms with Crippen LogP contribution in [0.2, 0.25) is 0 Å². The van der Waals surface area contributed by atoms with Gasteiger partial charge in [0.2, 0.25) is 5.89 Å². The molecule has 0 spiro atoms. The van der Waals surface area contributed by atoms with E-state index in [-0.39, 0.29) is 23.4 Å². The Morgan fingerprint density at radius 3 is 2.57 bits per heavy atom. The molecule has 0 saturated carbocycles. The molecule has 2 aromatic carbocycles. The van der Waals surface area contributed by atoms with Gasteiger partial charge in [-0.15, -0.1) is 5.10 Å². The van der Waals surface area contributed by atoms with Gasteiger partial charge in [0, 0.05) is 11.8 Å². The van der Waals surface area contributed by atoms with Crippen molar-refractivity contribution in [2.24, 2.45) is 0 Å². The summed E-state index contributed by atoms with van der Waals surface area (Å²) in [5, 5.41) is 9.98. The molecular weight excluding hydrogens is 386 g/mol. The second-order valence-electron chi connectivity index (χ2n) is 5.70. The topological polar surface area (TPSA) is 121 Å². The smallest absolute Gasteiger partial charge is 0.322 e. The minimum absolute atomic E-state index is 0.0754. The molecule has 146 valence electrons. The first-order valence-corrected chi connectivity index (χ1v) is 9.95. The van der Waals surface area contributed by atoms with E-state index in [1.54, 1.807) is 36.4 Å². The van der Waals surface area contributed by atoms with Crippen LogP contribution in [0.25, 0.3) is 11.5 Å². The molecular formula is C18H17N3O6S. The lowest BCUT2D eigenvalue weighted by Crippen LogP contribution is -2.20. The molecule has 0 fully saturated rings. The highest BCUT2D eigenvalue weighted by molar-refractivity contribution is 7.90. The molecule has 1 N–H and O–H groups in total. The van der Waals surface area contributed by atoms with Crippen LogP contribution in [-0.2, 0) is 14.6 Å². The number of anilines is 1. The average Bonchev–Trinajstić information content (AvgIpc) is 3.14. The first-order valence-electron chi connectivity index (χ1n) is 8.06. The van der Waals surface area contributed by atoms with Gasteiger partial charge in [-0.05, 0) is 30.3 Å². The molecule has 1 heterocycles. The number of sulfone groups is 1. The third-order valence-corrected chi connectivity index (χ3v) is 4.72. The molecule has 0 saturated heterocycles. The highest BCUT2D eigenvalue weighted by Crippen LogP contribution is 2.26. The third kappa shape index (κ3) is 4.65. The van der Waals surface area contributed by atoms with Crippen molar-refractivity contribution < 1.29 is 27.1 Å². The van der Waals surface area contributed by atoms with Crippen LogP contribution in [-0.4, -0.2) is 44.5 Å². The predicted molar refractivity (Wildman–Crippen MR) is 100.0 cm³/mol. The van der Waals surface area contributed by atoms with Crippen molar-refractivity contribution in [3.8, 4) is 23.0 Å². The second kappa shape index (κ2) is 8.09. The average molecular weight is 403 g/mol. The standard InChI is InChI=1S/C18H17N3O6S/c1-25-14-8-3-4-9-15(14)26-11-16(22)19-18-21-20-17(27-18)12-6-5-7-13(10-12)28(2,23)24/h3-10H,11H2,1-2H3,(H,19,21,22). The molecule has 3 aromatic rings. The van der Waals surface area contributed by atoms with E-state index in [0.29, 0.717) is 17.1 Å². The van der Waals surface area contributed by atoms with Gasteiger partial charge in [-0.2, -0.15) is 0 Å². The van der Waals surface area contributed by atoms with Gasteiger partial charge < -0.3 is 13.9 Å². The summed E-state index contributed by atoms with van der Waals surface area (Å²) in [5.41, 5.74) is 0.418. The zero-order valence-electron chi connectivity index (χ0n) is 15.1. The van der Waals surface area contributed by atoms with Crippen LogP contribution >= 0.6 is 0 Å². The van der Waals surface area contributed by atoms with E-state index >= 15 is 0 Å². The minimum Gasteiger partial charge on any atom is -0.493 e. The molecule has 28 heavy (non-hydrogen) atoms. The summed E-state index contributed by atoms with van der Waals surface area (Å²) >= 11 is 0. The summed E-state index contributed by atoms with van der Waals surface area (Å²) in [4.78, 5) is 12.2. The predicted octanol–water partition coefficient (Wildman–Crippen LogP) is 2.17. The number of methoxy groups -OCH3 is 1. The molecule has 0 unspecified atom stereocenters. The Hall–Kier alpha value is -3.40. The van der Waals surface area contributed by atoms with Crippen molar-refractivity contribution in [1.82, 2.24) is 10.2 Å². The Balaban J connectivity index is 1.65. The number of amides is 1. The number of carbonyl (C=O) groups is 1. The van der Waals surface area contributed by atoms with Gasteiger partial charge in [-0.3, -0.25) is 10.1 Å². The summed E-state index contributed by atoms with van der Waals surface area (Å²) in [6.07, 6.45) is 1.10. The van der Waals surface area contributed by atoms with Crippen molar-refractivity contribution >= 4 is 21.8 Å². The second-order valence-corrected chi connectivity index (χ2v) is 7.72. The van der Waals surface area contributed by atoms with E-state index < -0.39 is 15.7 Å². The summed E-state index contributed by atoms with van der Waals surface area (Å²) in [6.45, 7) is -0.290. The first-order chi connectivity index (χ1) is 13.4. The maximum absolute atomic E-state index is 12.0. The summed E-state index contributed by atoms with van der Waals surface area (Å²) in [7, 11) is -1.87. The van der Waals surface area contributed by atoms with E-state index in [9.17, 15) is 13.2 Å². The highest BCUT2D eigenvalue weighted by Gasteiger charge is 2.15. The van der Waals surface area contributed by atoms with Gasteiger partial charge in [-0.1, -0.05) is 23.3 Å². The normalized spacial score (nSPS) is 11.1. The van der Waals surface area contributed by atoms with Crippen molar-refractivity contribution in [1.29, 1.82) is 0 Å². The number of ether oxygens (including phenoxy) is 2. The van der Waals surface area contributed by atoms with Gasteiger partial charge in [0.05, 0.1) is 12.0 Å².